The normalized spacial score (nSPS) is 15.4. The molecule has 1 N–H and O–H groups in total. The number of fused-ring (bicyclic) bond motifs is 1. The number of rotatable bonds is 9. The van der Waals surface area contributed by atoms with E-state index in [2.05, 4.69) is 10.2 Å². The molecule has 1 aliphatic heterocycles. The van der Waals surface area contributed by atoms with Gasteiger partial charge in [-0.05, 0) is 37.6 Å². The molecular formula is C25H30ClFN4O3. The first kappa shape index (κ1) is 24.4. The molecule has 0 aliphatic carbocycles. The van der Waals surface area contributed by atoms with E-state index in [0.29, 0.717) is 29.9 Å². The molecule has 3 aromatic rings. The summed E-state index contributed by atoms with van der Waals surface area (Å²) in [7, 11) is 0. The van der Waals surface area contributed by atoms with Crippen molar-refractivity contribution in [1.29, 1.82) is 0 Å². The Balaban J connectivity index is 1.54. The van der Waals surface area contributed by atoms with Crippen molar-refractivity contribution in [2.24, 2.45) is 0 Å². The molecule has 0 bridgehead atoms. The highest BCUT2D eigenvalue weighted by molar-refractivity contribution is 6.31. The molecule has 1 unspecified atom stereocenters. The number of hydrogen-bond donors (Lipinski definition) is 1. The third kappa shape index (κ3) is 6.05. The van der Waals surface area contributed by atoms with Crippen LogP contribution in [0.5, 0.6) is 5.75 Å². The van der Waals surface area contributed by atoms with Gasteiger partial charge in [0.05, 0.1) is 36.2 Å². The van der Waals surface area contributed by atoms with Crippen molar-refractivity contribution in [3.8, 4) is 17.0 Å². The van der Waals surface area contributed by atoms with Crippen molar-refractivity contribution >= 4 is 23.2 Å². The Morgan fingerprint density at radius 1 is 1.29 bits per heavy atom. The maximum absolute atomic E-state index is 13.8. The van der Waals surface area contributed by atoms with E-state index in [9.17, 15) is 9.18 Å². The van der Waals surface area contributed by atoms with Gasteiger partial charge in [-0.3, -0.25) is 9.69 Å². The van der Waals surface area contributed by atoms with E-state index >= 15 is 0 Å². The van der Waals surface area contributed by atoms with E-state index in [1.807, 2.05) is 29.7 Å². The standard InChI is InChI=1S/C25H30ClFN4O3/c1-17(28-18(2)32)14-23-25(19-4-5-22(27)21(26)15-19)29-24-16-20(6-8-31(23)24)34-11-3-7-30-9-12-33-13-10-30/h4-6,8,15-17H,3,7,9-14H2,1-2H3,(H,28,32). The number of morpholine rings is 1. The van der Waals surface area contributed by atoms with Gasteiger partial charge in [0.1, 0.15) is 17.2 Å². The van der Waals surface area contributed by atoms with Gasteiger partial charge in [0.2, 0.25) is 5.91 Å². The number of nitrogens with one attached hydrogen (secondary N) is 1. The van der Waals surface area contributed by atoms with Crippen LogP contribution in [0.25, 0.3) is 16.9 Å². The Bertz CT molecular complexity index is 1150. The Morgan fingerprint density at radius 3 is 2.82 bits per heavy atom. The van der Waals surface area contributed by atoms with Crippen molar-refractivity contribution in [3.05, 3.63) is 53.1 Å². The minimum Gasteiger partial charge on any atom is -0.493 e. The average Bonchev–Trinajstić information content (AvgIpc) is 3.16. The molecule has 7 nitrogen and oxygen atoms in total. The van der Waals surface area contributed by atoms with E-state index in [1.54, 1.807) is 12.1 Å². The first-order valence-electron chi connectivity index (χ1n) is 11.6. The van der Waals surface area contributed by atoms with Crippen molar-refractivity contribution in [3.63, 3.8) is 0 Å². The first-order valence-corrected chi connectivity index (χ1v) is 11.9. The fraction of sp³-hybridized carbons (Fsp3) is 0.440. The monoisotopic (exact) mass is 488 g/mol. The second-order valence-corrected chi connectivity index (χ2v) is 9.00. The molecule has 4 rings (SSSR count). The zero-order chi connectivity index (χ0) is 24.1. The van der Waals surface area contributed by atoms with Crippen LogP contribution >= 0.6 is 11.6 Å². The van der Waals surface area contributed by atoms with Crippen molar-refractivity contribution < 1.29 is 18.7 Å². The Labute approximate surface area is 203 Å². The molecule has 1 atom stereocenters. The molecule has 182 valence electrons. The summed E-state index contributed by atoms with van der Waals surface area (Å²) in [4.78, 5) is 18.7. The molecule has 2 aromatic heterocycles. The Kier molecular flexibility index (Phi) is 8.03. The predicted octanol–water partition coefficient (Wildman–Crippen LogP) is 3.96. The quantitative estimate of drug-likeness (QED) is 0.462. The van der Waals surface area contributed by atoms with Crippen molar-refractivity contribution in [2.45, 2.75) is 32.7 Å². The molecule has 1 aliphatic rings. The molecule has 1 fully saturated rings. The average molecular weight is 489 g/mol. The second-order valence-electron chi connectivity index (χ2n) is 8.59. The van der Waals surface area contributed by atoms with Gasteiger partial charge in [-0.2, -0.15) is 0 Å². The predicted molar refractivity (Wildman–Crippen MR) is 130 cm³/mol. The van der Waals surface area contributed by atoms with E-state index in [4.69, 9.17) is 26.1 Å². The third-order valence-corrected chi connectivity index (χ3v) is 6.12. The van der Waals surface area contributed by atoms with E-state index in [-0.39, 0.29) is 17.0 Å². The lowest BCUT2D eigenvalue weighted by Gasteiger charge is -2.26. The number of ether oxygens (including phenoxy) is 2. The summed E-state index contributed by atoms with van der Waals surface area (Å²) in [6.45, 7) is 8.55. The van der Waals surface area contributed by atoms with Crippen molar-refractivity contribution in [1.82, 2.24) is 19.6 Å². The van der Waals surface area contributed by atoms with Crippen LogP contribution < -0.4 is 10.1 Å². The lowest BCUT2D eigenvalue weighted by Crippen LogP contribution is -2.37. The number of carbonyl (C=O) groups is 1. The number of carbonyl (C=O) groups excluding carboxylic acids is 1. The fourth-order valence-corrected chi connectivity index (χ4v) is 4.41. The van der Waals surface area contributed by atoms with Crippen LogP contribution in [-0.2, 0) is 16.0 Å². The SMILES string of the molecule is CC(=O)NC(C)Cc1c(-c2ccc(F)c(Cl)c2)nc2cc(OCCCN3CCOCC3)ccn12. The molecule has 1 amide bonds. The van der Waals surface area contributed by atoms with Gasteiger partial charge in [-0.15, -0.1) is 0 Å². The number of amides is 1. The number of hydrogen-bond acceptors (Lipinski definition) is 5. The van der Waals surface area contributed by atoms with Crippen LogP contribution in [0, 0.1) is 5.82 Å². The number of aromatic nitrogens is 2. The number of benzene rings is 1. The van der Waals surface area contributed by atoms with Gasteiger partial charge in [-0.25, -0.2) is 9.37 Å². The number of imidazole rings is 1. The molecule has 1 aromatic carbocycles. The van der Waals surface area contributed by atoms with Gasteiger partial charge in [0.25, 0.3) is 0 Å². The number of pyridine rings is 1. The van der Waals surface area contributed by atoms with Crippen LogP contribution in [0.3, 0.4) is 0 Å². The number of nitrogens with zero attached hydrogens (tertiary/aromatic N) is 3. The minimum atomic E-state index is -0.477. The fourth-order valence-electron chi connectivity index (χ4n) is 4.23. The van der Waals surface area contributed by atoms with Crippen LogP contribution in [0.4, 0.5) is 4.39 Å². The van der Waals surface area contributed by atoms with Crippen molar-refractivity contribution in [2.75, 3.05) is 39.5 Å². The molecule has 0 saturated carbocycles. The summed E-state index contributed by atoms with van der Waals surface area (Å²) in [5.41, 5.74) is 3.03. The highest BCUT2D eigenvalue weighted by Crippen LogP contribution is 2.30. The highest BCUT2D eigenvalue weighted by Gasteiger charge is 2.19. The summed E-state index contributed by atoms with van der Waals surface area (Å²) in [6, 6.07) is 8.29. The van der Waals surface area contributed by atoms with Gasteiger partial charge < -0.3 is 19.2 Å². The molecule has 34 heavy (non-hydrogen) atoms. The summed E-state index contributed by atoms with van der Waals surface area (Å²) in [6.07, 6.45) is 3.40. The summed E-state index contributed by atoms with van der Waals surface area (Å²) in [5.74, 6) is 0.167. The van der Waals surface area contributed by atoms with E-state index in [1.165, 1.54) is 13.0 Å². The number of halogens is 2. The first-order chi connectivity index (χ1) is 16.4. The zero-order valence-electron chi connectivity index (χ0n) is 19.5. The molecule has 0 radical (unpaired) electrons. The second kappa shape index (κ2) is 11.2. The van der Waals surface area contributed by atoms with Crippen LogP contribution in [0.15, 0.2) is 36.5 Å². The van der Waals surface area contributed by atoms with Crippen LogP contribution in [0.1, 0.15) is 26.0 Å². The molecule has 9 heteroatoms. The van der Waals surface area contributed by atoms with Crippen LogP contribution in [-0.4, -0.2) is 65.7 Å². The van der Waals surface area contributed by atoms with Crippen LogP contribution in [0.2, 0.25) is 5.02 Å². The lowest BCUT2D eigenvalue weighted by molar-refractivity contribution is -0.119. The Hall–Kier alpha value is -2.68. The van der Waals surface area contributed by atoms with E-state index in [0.717, 1.165) is 50.7 Å². The highest BCUT2D eigenvalue weighted by atomic mass is 35.5. The molecular weight excluding hydrogens is 459 g/mol. The Morgan fingerprint density at radius 2 is 2.09 bits per heavy atom. The third-order valence-electron chi connectivity index (χ3n) is 5.83. The van der Waals surface area contributed by atoms with E-state index < -0.39 is 5.82 Å². The summed E-state index contributed by atoms with van der Waals surface area (Å²) in [5, 5.41) is 2.96. The molecule has 0 spiro atoms. The maximum atomic E-state index is 13.8. The smallest absolute Gasteiger partial charge is 0.217 e. The van der Waals surface area contributed by atoms with Gasteiger partial charge >= 0.3 is 0 Å². The molecule has 3 heterocycles. The summed E-state index contributed by atoms with van der Waals surface area (Å²) < 4.78 is 27.1. The largest absolute Gasteiger partial charge is 0.493 e. The zero-order valence-corrected chi connectivity index (χ0v) is 20.3. The lowest BCUT2D eigenvalue weighted by atomic mass is 10.1. The van der Waals surface area contributed by atoms with Gasteiger partial charge in [-0.1, -0.05) is 11.6 Å². The van der Waals surface area contributed by atoms with Gasteiger partial charge in [0.15, 0.2) is 0 Å². The minimum absolute atomic E-state index is 0.0414. The topological polar surface area (TPSA) is 68.1 Å². The summed E-state index contributed by atoms with van der Waals surface area (Å²) >= 11 is 6.04. The molecule has 1 saturated heterocycles. The van der Waals surface area contributed by atoms with Gasteiger partial charge in [0, 0.05) is 56.8 Å². The maximum Gasteiger partial charge on any atom is 0.217 e.